The first kappa shape index (κ1) is 13.6. The van der Waals surface area contributed by atoms with Crippen LogP contribution in [0.3, 0.4) is 0 Å². The Hall–Kier alpha value is -2.41. The number of nitrogens with zero attached hydrogens (tertiary/aromatic N) is 3. The molecule has 1 aromatic carbocycles. The average molecular weight is 302 g/mol. The fourth-order valence-electron chi connectivity index (χ4n) is 2.08. The van der Waals surface area contributed by atoms with Crippen molar-refractivity contribution in [2.75, 3.05) is 5.32 Å². The van der Waals surface area contributed by atoms with E-state index in [9.17, 15) is 9.59 Å². The molecule has 3 aromatic rings. The Morgan fingerprint density at radius 2 is 2.19 bits per heavy atom. The van der Waals surface area contributed by atoms with E-state index < -0.39 is 0 Å². The number of amides is 1. The van der Waals surface area contributed by atoms with Crippen molar-refractivity contribution in [3.8, 4) is 0 Å². The molecule has 2 aromatic heterocycles. The molecule has 0 fully saturated rings. The number of fused-ring (bicyclic) bond motifs is 1. The highest BCUT2D eigenvalue weighted by Crippen LogP contribution is 2.16. The van der Waals surface area contributed by atoms with Crippen LogP contribution in [-0.4, -0.2) is 19.6 Å². The van der Waals surface area contributed by atoms with E-state index >= 15 is 0 Å². The van der Waals surface area contributed by atoms with Gasteiger partial charge < -0.3 is 5.32 Å². The lowest BCUT2D eigenvalue weighted by Gasteiger charge is -2.02. The summed E-state index contributed by atoms with van der Waals surface area (Å²) in [6.45, 7) is 0.379. The van der Waals surface area contributed by atoms with Gasteiger partial charge >= 0.3 is 0 Å². The number of benzene rings is 1. The molecule has 0 unspecified atom stereocenters. The van der Waals surface area contributed by atoms with Gasteiger partial charge in [-0.05, 0) is 12.1 Å². The smallest absolute Gasteiger partial charge is 0.268 e. The third-order valence-corrected chi connectivity index (χ3v) is 4.20. The Bertz CT molecular complexity index is 846. The van der Waals surface area contributed by atoms with Crippen molar-refractivity contribution < 1.29 is 4.79 Å². The minimum Gasteiger partial charge on any atom is -0.323 e. The summed E-state index contributed by atoms with van der Waals surface area (Å²) in [6, 6.07) is 7.46. The van der Waals surface area contributed by atoms with Crippen LogP contribution in [0.1, 0.15) is 6.42 Å². The topological polar surface area (TPSA) is 68.9 Å². The Kier molecular flexibility index (Phi) is 3.57. The SMILES string of the molecule is Cn1cc(NC(=O)CCn2sc3ccccc3c2=O)cn1. The summed E-state index contributed by atoms with van der Waals surface area (Å²) in [6.07, 6.45) is 3.56. The maximum Gasteiger partial charge on any atom is 0.268 e. The number of aryl methyl sites for hydroxylation is 2. The lowest BCUT2D eigenvalue weighted by atomic mass is 10.3. The summed E-state index contributed by atoms with van der Waals surface area (Å²) in [4.78, 5) is 24.0. The minimum absolute atomic E-state index is 0.0372. The Morgan fingerprint density at radius 1 is 1.38 bits per heavy atom. The minimum atomic E-state index is -0.132. The third-order valence-electron chi connectivity index (χ3n) is 3.08. The van der Waals surface area contributed by atoms with E-state index in [1.54, 1.807) is 34.1 Å². The molecule has 0 bridgehead atoms. The predicted molar refractivity (Wildman–Crippen MR) is 82.5 cm³/mol. The molecule has 1 N–H and O–H groups in total. The summed E-state index contributed by atoms with van der Waals surface area (Å²) in [5, 5.41) is 7.44. The number of rotatable bonds is 4. The molecular weight excluding hydrogens is 288 g/mol. The molecule has 1 amide bonds. The first-order valence-corrected chi connectivity index (χ1v) is 7.28. The molecule has 2 heterocycles. The van der Waals surface area contributed by atoms with Crippen LogP contribution in [0.2, 0.25) is 0 Å². The second kappa shape index (κ2) is 5.53. The molecule has 0 radical (unpaired) electrons. The molecule has 0 spiro atoms. The maximum absolute atomic E-state index is 12.1. The largest absolute Gasteiger partial charge is 0.323 e. The third kappa shape index (κ3) is 2.87. The molecule has 0 atom stereocenters. The second-order valence-electron chi connectivity index (χ2n) is 4.70. The maximum atomic E-state index is 12.1. The van der Waals surface area contributed by atoms with Gasteiger partial charge in [0.25, 0.3) is 5.56 Å². The first-order valence-electron chi connectivity index (χ1n) is 6.51. The van der Waals surface area contributed by atoms with E-state index in [0.717, 1.165) is 4.70 Å². The number of hydrogen-bond donors (Lipinski definition) is 1. The van der Waals surface area contributed by atoms with E-state index in [2.05, 4.69) is 10.4 Å². The normalized spacial score (nSPS) is 10.9. The first-order chi connectivity index (χ1) is 10.1. The van der Waals surface area contributed by atoms with Gasteiger partial charge in [-0.25, -0.2) is 0 Å². The monoisotopic (exact) mass is 302 g/mol. The van der Waals surface area contributed by atoms with E-state index in [0.29, 0.717) is 17.6 Å². The number of nitrogens with one attached hydrogen (secondary N) is 1. The summed E-state index contributed by atoms with van der Waals surface area (Å²) < 4.78 is 4.18. The fraction of sp³-hybridized carbons (Fsp3) is 0.214. The lowest BCUT2D eigenvalue weighted by Crippen LogP contribution is -2.18. The van der Waals surface area contributed by atoms with Gasteiger partial charge in [0.1, 0.15) is 0 Å². The van der Waals surface area contributed by atoms with Gasteiger partial charge in [0.15, 0.2) is 0 Å². The highest BCUT2D eigenvalue weighted by molar-refractivity contribution is 7.13. The molecule has 7 heteroatoms. The number of anilines is 1. The van der Waals surface area contributed by atoms with Crippen LogP contribution in [0.5, 0.6) is 0 Å². The van der Waals surface area contributed by atoms with Crippen LogP contribution >= 0.6 is 11.5 Å². The Labute approximate surface area is 124 Å². The quantitative estimate of drug-likeness (QED) is 0.799. The van der Waals surface area contributed by atoms with Crippen LogP contribution in [0.4, 0.5) is 5.69 Å². The van der Waals surface area contributed by atoms with Crippen molar-refractivity contribution in [1.29, 1.82) is 0 Å². The van der Waals surface area contributed by atoms with Crippen LogP contribution in [-0.2, 0) is 18.4 Å². The van der Waals surface area contributed by atoms with Gasteiger partial charge in [-0.2, -0.15) is 5.10 Å². The molecule has 6 nitrogen and oxygen atoms in total. The average Bonchev–Trinajstić information content (AvgIpc) is 3.01. The van der Waals surface area contributed by atoms with Crippen molar-refractivity contribution >= 4 is 33.2 Å². The molecule has 0 saturated carbocycles. The number of carbonyl (C=O) groups is 1. The second-order valence-corrected chi connectivity index (χ2v) is 5.76. The van der Waals surface area contributed by atoms with E-state index in [1.807, 2.05) is 18.2 Å². The highest BCUT2D eigenvalue weighted by Gasteiger charge is 2.09. The van der Waals surface area contributed by atoms with E-state index in [-0.39, 0.29) is 17.9 Å². The highest BCUT2D eigenvalue weighted by atomic mass is 32.1. The van der Waals surface area contributed by atoms with Crippen LogP contribution in [0, 0.1) is 0 Å². The van der Waals surface area contributed by atoms with Crippen molar-refractivity contribution in [2.24, 2.45) is 7.05 Å². The van der Waals surface area contributed by atoms with Crippen LogP contribution < -0.4 is 10.9 Å². The van der Waals surface area contributed by atoms with Gasteiger partial charge in [-0.15, -0.1) is 0 Å². The van der Waals surface area contributed by atoms with Crippen LogP contribution in [0.25, 0.3) is 10.1 Å². The summed E-state index contributed by atoms with van der Waals surface area (Å²) in [7, 11) is 1.78. The van der Waals surface area contributed by atoms with Crippen molar-refractivity contribution in [3.05, 3.63) is 47.0 Å². The molecule has 3 rings (SSSR count). The summed E-state index contributed by atoms with van der Waals surface area (Å²) >= 11 is 1.38. The number of carbonyl (C=O) groups excluding carboxylic acids is 1. The molecule has 0 aliphatic heterocycles. The zero-order valence-electron chi connectivity index (χ0n) is 11.4. The van der Waals surface area contributed by atoms with Gasteiger partial charge in [0.2, 0.25) is 5.91 Å². The zero-order valence-corrected chi connectivity index (χ0v) is 12.3. The summed E-state index contributed by atoms with van der Waals surface area (Å²) in [5.74, 6) is -0.132. The number of hydrogen-bond acceptors (Lipinski definition) is 4. The molecule has 0 saturated heterocycles. The molecule has 0 aliphatic carbocycles. The van der Waals surface area contributed by atoms with E-state index in [4.69, 9.17) is 0 Å². The van der Waals surface area contributed by atoms with Crippen molar-refractivity contribution in [1.82, 2.24) is 13.7 Å². The summed E-state index contributed by atoms with van der Waals surface area (Å²) in [5.41, 5.74) is 0.621. The Balaban J connectivity index is 1.67. The zero-order chi connectivity index (χ0) is 14.8. The van der Waals surface area contributed by atoms with Crippen LogP contribution in [0.15, 0.2) is 41.5 Å². The van der Waals surface area contributed by atoms with E-state index in [1.165, 1.54) is 11.5 Å². The van der Waals surface area contributed by atoms with Crippen molar-refractivity contribution in [2.45, 2.75) is 13.0 Å². The number of aromatic nitrogens is 3. The van der Waals surface area contributed by atoms with Gasteiger partial charge in [-0.1, -0.05) is 23.7 Å². The standard InChI is InChI=1S/C14H14N4O2S/c1-17-9-10(8-15-17)16-13(19)6-7-18-14(20)11-4-2-3-5-12(11)21-18/h2-5,8-9H,6-7H2,1H3,(H,16,19). The molecular formula is C14H14N4O2S. The Morgan fingerprint density at radius 3 is 2.90 bits per heavy atom. The predicted octanol–water partition coefficient (Wildman–Crippen LogP) is 1.83. The molecule has 0 aliphatic rings. The van der Waals surface area contributed by atoms with Gasteiger partial charge in [0, 0.05) is 26.2 Å². The molecule has 108 valence electrons. The van der Waals surface area contributed by atoms with Gasteiger partial charge in [0.05, 0.1) is 22.0 Å². The fourth-order valence-corrected chi connectivity index (χ4v) is 3.07. The van der Waals surface area contributed by atoms with Crippen molar-refractivity contribution in [3.63, 3.8) is 0 Å². The molecule has 21 heavy (non-hydrogen) atoms. The van der Waals surface area contributed by atoms with Gasteiger partial charge in [-0.3, -0.25) is 18.2 Å². The lowest BCUT2D eigenvalue weighted by molar-refractivity contribution is -0.116.